The number of amides is 2. The first-order valence-corrected chi connectivity index (χ1v) is 8.81. The molecule has 1 saturated heterocycles. The summed E-state index contributed by atoms with van der Waals surface area (Å²) >= 11 is 0. The van der Waals surface area contributed by atoms with Gasteiger partial charge in [0.2, 0.25) is 11.9 Å². The number of hydrogen-bond donors (Lipinski definition) is 1. The number of ether oxygens (including phenoxy) is 1. The molecule has 0 bridgehead atoms. The van der Waals surface area contributed by atoms with Gasteiger partial charge < -0.3 is 19.9 Å². The van der Waals surface area contributed by atoms with Crippen LogP contribution in [0.2, 0.25) is 0 Å². The summed E-state index contributed by atoms with van der Waals surface area (Å²) in [6, 6.07) is 7.91. The largest absolute Gasteiger partial charge is 0.465 e. The predicted molar refractivity (Wildman–Crippen MR) is 102 cm³/mol. The van der Waals surface area contributed by atoms with E-state index < -0.39 is 5.97 Å². The molecule has 1 aliphatic heterocycles. The van der Waals surface area contributed by atoms with E-state index in [-0.39, 0.29) is 17.5 Å². The number of hydrogen-bond acceptors (Lipinski definition) is 7. The van der Waals surface area contributed by atoms with Crippen LogP contribution in [0.1, 0.15) is 27.8 Å². The predicted octanol–water partition coefficient (Wildman–Crippen LogP) is 1.18. The van der Waals surface area contributed by atoms with Crippen LogP contribution >= 0.6 is 0 Å². The van der Waals surface area contributed by atoms with Gasteiger partial charge in [-0.25, -0.2) is 14.8 Å². The number of aromatic nitrogens is 2. The molecule has 0 unspecified atom stereocenters. The van der Waals surface area contributed by atoms with Crippen molar-refractivity contribution in [2.45, 2.75) is 6.92 Å². The molecule has 0 aliphatic carbocycles. The van der Waals surface area contributed by atoms with Gasteiger partial charge in [0.1, 0.15) is 5.69 Å². The van der Waals surface area contributed by atoms with Crippen LogP contribution in [0.4, 0.5) is 11.6 Å². The van der Waals surface area contributed by atoms with Crippen molar-refractivity contribution in [2.24, 2.45) is 0 Å². The smallest absolute Gasteiger partial charge is 0.337 e. The lowest BCUT2D eigenvalue weighted by Crippen LogP contribution is -2.48. The number of benzene rings is 1. The molecular weight excluding hydrogens is 362 g/mol. The number of anilines is 2. The van der Waals surface area contributed by atoms with Gasteiger partial charge in [0, 0.05) is 45.0 Å². The zero-order chi connectivity index (χ0) is 20.1. The summed E-state index contributed by atoms with van der Waals surface area (Å²) in [7, 11) is 1.31. The van der Waals surface area contributed by atoms with Crippen LogP contribution < -0.4 is 10.2 Å². The fourth-order valence-electron chi connectivity index (χ4n) is 2.85. The quantitative estimate of drug-likeness (QED) is 0.791. The number of esters is 1. The SMILES string of the molecule is COC(=O)c1ccc(NC(=O)c2ccnc(N3CCN(C(C)=O)CC3)n2)cc1. The van der Waals surface area contributed by atoms with Crippen LogP contribution in [0.5, 0.6) is 0 Å². The van der Waals surface area contributed by atoms with Crippen LogP contribution in [-0.2, 0) is 9.53 Å². The van der Waals surface area contributed by atoms with E-state index in [0.29, 0.717) is 43.4 Å². The zero-order valence-electron chi connectivity index (χ0n) is 15.7. The number of methoxy groups -OCH3 is 1. The van der Waals surface area contributed by atoms with E-state index in [0.717, 1.165) is 0 Å². The standard InChI is InChI=1S/C19H21N5O4/c1-13(25)23-9-11-24(12-10-23)19-20-8-7-16(22-19)17(26)21-15-5-3-14(4-6-15)18(27)28-2/h3-8H,9-12H2,1-2H3,(H,21,26). The molecule has 1 aromatic carbocycles. The molecule has 9 heteroatoms. The molecule has 0 radical (unpaired) electrons. The lowest BCUT2D eigenvalue weighted by Gasteiger charge is -2.34. The molecule has 3 rings (SSSR count). The fraction of sp³-hybridized carbons (Fsp3) is 0.316. The molecule has 146 valence electrons. The minimum atomic E-state index is -0.441. The van der Waals surface area contributed by atoms with Gasteiger partial charge in [0.25, 0.3) is 5.91 Å². The highest BCUT2D eigenvalue weighted by Gasteiger charge is 2.21. The Morgan fingerprint density at radius 2 is 1.71 bits per heavy atom. The number of carbonyl (C=O) groups excluding carboxylic acids is 3. The van der Waals surface area contributed by atoms with Crippen LogP contribution in [-0.4, -0.2) is 65.9 Å². The summed E-state index contributed by atoms with van der Waals surface area (Å²) in [6.07, 6.45) is 1.54. The van der Waals surface area contributed by atoms with Gasteiger partial charge in [-0.15, -0.1) is 0 Å². The zero-order valence-corrected chi connectivity index (χ0v) is 15.7. The molecule has 1 aliphatic rings. The molecule has 0 saturated carbocycles. The number of carbonyl (C=O) groups is 3. The van der Waals surface area contributed by atoms with E-state index in [2.05, 4.69) is 20.0 Å². The third-order valence-electron chi connectivity index (χ3n) is 4.45. The summed E-state index contributed by atoms with van der Waals surface area (Å²) in [5.41, 5.74) is 1.17. The van der Waals surface area contributed by atoms with Crippen molar-refractivity contribution in [3.05, 3.63) is 47.8 Å². The molecule has 0 spiro atoms. The second-order valence-corrected chi connectivity index (χ2v) is 6.26. The van der Waals surface area contributed by atoms with Gasteiger partial charge in [0.15, 0.2) is 0 Å². The Morgan fingerprint density at radius 3 is 2.32 bits per heavy atom. The summed E-state index contributed by atoms with van der Waals surface area (Å²) in [5, 5.41) is 2.74. The summed E-state index contributed by atoms with van der Waals surface area (Å²) in [6.45, 7) is 3.97. The molecule has 0 atom stereocenters. The second kappa shape index (κ2) is 8.47. The third-order valence-corrected chi connectivity index (χ3v) is 4.45. The van der Waals surface area contributed by atoms with Crippen LogP contribution in [0.3, 0.4) is 0 Å². The van der Waals surface area contributed by atoms with E-state index in [4.69, 9.17) is 0 Å². The van der Waals surface area contributed by atoms with Gasteiger partial charge in [-0.3, -0.25) is 9.59 Å². The van der Waals surface area contributed by atoms with Gasteiger partial charge in [0.05, 0.1) is 12.7 Å². The average Bonchev–Trinajstić information content (AvgIpc) is 2.74. The van der Waals surface area contributed by atoms with Crippen molar-refractivity contribution in [1.29, 1.82) is 0 Å². The highest BCUT2D eigenvalue weighted by atomic mass is 16.5. The molecule has 2 aromatic rings. The molecule has 2 heterocycles. The lowest BCUT2D eigenvalue weighted by molar-refractivity contribution is -0.129. The van der Waals surface area contributed by atoms with Gasteiger partial charge >= 0.3 is 5.97 Å². The maximum atomic E-state index is 12.5. The topological polar surface area (TPSA) is 105 Å². The molecular formula is C19H21N5O4. The minimum Gasteiger partial charge on any atom is -0.465 e. The Bertz CT molecular complexity index is 876. The van der Waals surface area contributed by atoms with Crippen molar-refractivity contribution in [2.75, 3.05) is 43.5 Å². The van der Waals surface area contributed by atoms with E-state index in [1.165, 1.54) is 19.4 Å². The van der Waals surface area contributed by atoms with Crippen molar-refractivity contribution >= 4 is 29.4 Å². The Balaban J connectivity index is 1.66. The van der Waals surface area contributed by atoms with Crippen molar-refractivity contribution in [3.63, 3.8) is 0 Å². The number of rotatable bonds is 4. The molecule has 2 amide bonds. The van der Waals surface area contributed by atoms with E-state index in [1.807, 2.05) is 4.90 Å². The van der Waals surface area contributed by atoms with Crippen molar-refractivity contribution < 1.29 is 19.1 Å². The highest BCUT2D eigenvalue weighted by molar-refractivity contribution is 6.03. The summed E-state index contributed by atoms with van der Waals surface area (Å²) in [5.74, 6) is -0.316. The molecule has 9 nitrogen and oxygen atoms in total. The molecule has 1 aromatic heterocycles. The maximum absolute atomic E-state index is 12.5. The third kappa shape index (κ3) is 4.43. The van der Waals surface area contributed by atoms with Crippen LogP contribution in [0, 0.1) is 0 Å². The minimum absolute atomic E-state index is 0.0481. The first kappa shape index (κ1) is 19.3. The summed E-state index contributed by atoms with van der Waals surface area (Å²) in [4.78, 5) is 47.7. The van der Waals surface area contributed by atoms with Crippen LogP contribution in [0.25, 0.3) is 0 Å². The molecule has 28 heavy (non-hydrogen) atoms. The Labute approximate surface area is 162 Å². The Hall–Kier alpha value is -3.49. The highest BCUT2D eigenvalue weighted by Crippen LogP contribution is 2.14. The van der Waals surface area contributed by atoms with E-state index in [1.54, 1.807) is 36.1 Å². The average molecular weight is 383 g/mol. The molecule has 1 N–H and O–H groups in total. The molecule has 1 fully saturated rings. The van der Waals surface area contributed by atoms with Gasteiger partial charge in [-0.1, -0.05) is 0 Å². The van der Waals surface area contributed by atoms with Crippen molar-refractivity contribution in [3.8, 4) is 0 Å². The fourth-order valence-corrected chi connectivity index (χ4v) is 2.85. The van der Waals surface area contributed by atoms with Crippen molar-refractivity contribution in [1.82, 2.24) is 14.9 Å². The first-order valence-electron chi connectivity index (χ1n) is 8.81. The normalized spacial score (nSPS) is 13.8. The Morgan fingerprint density at radius 1 is 1.04 bits per heavy atom. The Kier molecular flexibility index (Phi) is 5.83. The number of nitrogens with zero attached hydrogens (tertiary/aromatic N) is 4. The van der Waals surface area contributed by atoms with Gasteiger partial charge in [-0.2, -0.15) is 0 Å². The lowest BCUT2D eigenvalue weighted by atomic mass is 10.2. The number of nitrogens with one attached hydrogen (secondary N) is 1. The van der Waals surface area contributed by atoms with E-state index in [9.17, 15) is 14.4 Å². The van der Waals surface area contributed by atoms with E-state index >= 15 is 0 Å². The monoisotopic (exact) mass is 383 g/mol. The second-order valence-electron chi connectivity index (χ2n) is 6.26. The summed E-state index contributed by atoms with van der Waals surface area (Å²) < 4.78 is 4.65. The van der Waals surface area contributed by atoms with Crippen LogP contribution in [0.15, 0.2) is 36.5 Å². The number of piperazine rings is 1. The van der Waals surface area contributed by atoms with Gasteiger partial charge in [-0.05, 0) is 30.3 Å². The maximum Gasteiger partial charge on any atom is 0.337 e. The first-order chi connectivity index (χ1) is 13.5.